The Morgan fingerprint density at radius 2 is 1.95 bits per heavy atom. The van der Waals surface area contributed by atoms with Gasteiger partial charge in [0.25, 0.3) is 0 Å². The third-order valence-electron chi connectivity index (χ3n) is 3.47. The van der Waals surface area contributed by atoms with Gasteiger partial charge in [0, 0.05) is 0 Å². The summed E-state index contributed by atoms with van der Waals surface area (Å²) in [6, 6.07) is 11.2. The number of hydrogen-bond donors (Lipinski definition) is 1. The van der Waals surface area contributed by atoms with Crippen LogP contribution in [0.15, 0.2) is 42.7 Å². The molecule has 0 aliphatic rings. The molecule has 0 unspecified atom stereocenters. The lowest BCUT2D eigenvalue weighted by molar-refractivity contribution is 0.0697. The fourth-order valence-corrected chi connectivity index (χ4v) is 2.44. The smallest absolute Gasteiger partial charge is 0.335 e. The Morgan fingerprint density at radius 1 is 1.14 bits per heavy atom. The van der Waals surface area contributed by atoms with Crippen molar-refractivity contribution >= 4 is 5.97 Å². The summed E-state index contributed by atoms with van der Waals surface area (Å²) >= 11 is 0. The predicted molar refractivity (Wildman–Crippen MR) is 81.0 cm³/mol. The van der Waals surface area contributed by atoms with Gasteiger partial charge in [0.15, 0.2) is 0 Å². The molecule has 3 rings (SSSR count). The molecule has 0 aliphatic carbocycles. The van der Waals surface area contributed by atoms with E-state index in [0.717, 1.165) is 22.3 Å². The Kier molecular flexibility index (Phi) is 3.42. The molecule has 22 heavy (non-hydrogen) atoms. The molecule has 0 saturated carbocycles. The summed E-state index contributed by atoms with van der Waals surface area (Å²) < 4.78 is 1.44. The molecule has 0 saturated heterocycles. The molecule has 110 valence electrons. The van der Waals surface area contributed by atoms with Gasteiger partial charge >= 0.3 is 5.97 Å². The maximum absolute atomic E-state index is 11.4. The first-order valence-electron chi connectivity index (χ1n) is 6.74. The van der Waals surface area contributed by atoms with Gasteiger partial charge in [0.05, 0.1) is 11.3 Å². The normalized spacial score (nSPS) is 10.6. The van der Waals surface area contributed by atoms with E-state index in [1.54, 1.807) is 12.1 Å². The van der Waals surface area contributed by atoms with Crippen LogP contribution in [0.25, 0.3) is 16.8 Å². The number of aryl methyl sites for hydroxylation is 2. The summed E-state index contributed by atoms with van der Waals surface area (Å²) in [4.78, 5) is 11.4. The van der Waals surface area contributed by atoms with Crippen molar-refractivity contribution < 1.29 is 9.90 Å². The number of rotatable bonds is 3. The Labute approximate surface area is 127 Å². The SMILES string of the molecule is Cc1ccc(-c2cc(C(=O)O)cc(-n3cnnn3)c2)c(C)c1. The van der Waals surface area contributed by atoms with Gasteiger partial charge in [0.2, 0.25) is 0 Å². The van der Waals surface area contributed by atoms with E-state index in [-0.39, 0.29) is 5.56 Å². The largest absolute Gasteiger partial charge is 0.478 e. The highest BCUT2D eigenvalue weighted by Crippen LogP contribution is 2.27. The number of tetrazole rings is 1. The lowest BCUT2D eigenvalue weighted by Gasteiger charge is -2.10. The molecule has 0 amide bonds. The average molecular weight is 294 g/mol. The summed E-state index contributed by atoms with van der Waals surface area (Å²) in [6.45, 7) is 4.03. The monoisotopic (exact) mass is 294 g/mol. The molecular formula is C16H14N4O2. The predicted octanol–water partition coefficient (Wildman–Crippen LogP) is 2.64. The first kappa shape index (κ1) is 13.9. The van der Waals surface area contributed by atoms with Crippen molar-refractivity contribution in [3.05, 3.63) is 59.4 Å². The second-order valence-electron chi connectivity index (χ2n) is 5.15. The van der Waals surface area contributed by atoms with Crippen LogP contribution in [0, 0.1) is 13.8 Å². The van der Waals surface area contributed by atoms with Crippen molar-refractivity contribution in [2.24, 2.45) is 0 Å². The average Bonchev–Trinajstić information content (AvgIpc) is 3.01. The van der Waals surface area contributed by atoms with Crippen molar-refractivity contribution in [1.82, 2.24) is 20.2 Å². The molecular weight excluding hydrogens is 280 g/mol. The van der Waals surface area contributed by atoms with Crippen molar-refractivity contribution in [2.75, 3.05) is 0 Å². The van der Waals surface area contributed by atoms with Crippen LogP contribution in [-0.2, 0) is 0 Å². The second-order valence-corrected chi connectivity index (χ2v) is 5.15. The fraction of sp³-hybridized carbons (Fsp3) is 0.125. The van der Waals surface area contributed by atoms with Crippen LogP contribution < -0.4 is 0 Å². The minimum atomic E-state index is -0.985. The Balaban J connectivity index is 2.20. The summed E-state index contributed by atoms with van der Waals surface area (Å²) in [5.41, 5.74) is 4.87. The number of carbonyl (C=O) groups is 1. The van der Waals surface area contributed by atoms with Crippen LogP contribution in [0.4, 0.5) is 0 Å². The van der Waals surface area contributed by atoms with Gasteiger partial charge in [0.1, 0.15) is 6.33 Å². The molecule has 3 aromatic rings. The number of carboxylic acid groups (broad SMARTS) is 1. The summed E-state index contributed by atoms with van der Waals surface area (Å²) in [7, 11) is 0. The van der Waals surface area contributed by atoms with Gasteiger partial charge in [-0.15, -0.1) is 5.10 Å². The van der Waals surface area contributed by atoms with E-state index in [4.69, 9.17) is 0 Å². The molecule has 0 bridgehead atoms. The van der Waals surface area contributed by atoms with Crippen LogP contribution in [-0.4, -0.2) is 31.3 Å². The van der Waals surface area contributed by atoms with E-state index in [1.165, 1.54) is 11.0 Å². The second kappa shape index (κ2) is 5.40. The van der Waals surface area contributed by atoms with E-state index < -0.39 is 5.97 Å². The van der Waals surface area contributed by atoms with Gasteiger partial charge in [-0.1, -0.05) is 23.8 Å². The van der Waals surface area contributed by atoms with Gasteiger partial charge in [-0.3, -0.25) is 0 Å². The van der Waals surface area contributed by atoms with Crippen molar-refractivity contribution in [1.29, 1.82) is 0 Å². The minimum absolute atomic E-state index is 0.197. The molecule has 1 N–H and O–H groups in total. The minimum Gasteiger partial charge on any atom is -0.478 e. The van der Waals surface area contributed by atoms with E-state index in [9.17, 15) is 9.90 Å². The molecule has 2 aromatic carbocycles. The quantitative estimate of drug-likeness (QED) is 0.803. The topological polar surface area (TPSA) is 80.9 Å². The lowest BCUT2D eigenvalue weighted by atomic mass is 9.96. The van der Waals surface area contributed by atoms with Crippen LogP contribution in [0.1, 0.15) is 21.5 Å². The van der Waals surface area contributed by atoms with E-state index in [1.807, 2.05) is 32.0 Å². The molecule has 0 fully saturated rings. The molecule has 0 radical (unpaired) electrons. The molecule has 6 nitrogen and oxygen atoms in total. The highest BCUT2D eigenvalue weighted by Gasteiger charge is 2.11. The van der Waals surface area contributed by atoms with Gasteiger partial charge in [-0.05, 0) is 59.2 Å². The zero-order valence-corrected chi connectivity index (χ0v) is 12.2. The zero-order valence-electron chi connectivity index (χ0n) is 12.2. The van der Waals surface area contributed by atoms with Gasteiger partial charge in [-0.2, -0.15) is 0 Å². The first-order chi connectivity index (χ1) is 10.5. The van der Waals surface area contributed by atoms with Crippen LogP contribution in [0.3, 0.4) is 0 Å². The van der Waals surface area contributed by atoms with Gasteiger partial charge in [-0.25, -0.2) is 9.48 Å². The Hall–Kier alpha value is -3.02. The number of carboxylic acids is 1. The number of aromatic nitrogens is 4. The summed E-state index contributed by atoms with van der Waals surface area (Å²) in [5.74, 6) is -0.985. The zero-order chi connectivity index (χ0) is 15.7. The third kappa shape index (κ3) is 2.58. The molecule has 6 heteroatoms. The first-order valence-corrected chi connectivity index (χ1v) is 6.74. The molecule has 1 heterocycles. The summed E-state index contributed by atoms with van der Waals surface area (Å²) in [5, 5.41) is 20.3. The highest BCUT2D eigenvalue weighted by atomic mass is 16.4. The van der Waals surface area contributed by atoms with Crippen LogP contribution >= 0.6 is 0 Å². The van der Waals surface area contributed by atoms with Crippen molar-refractivity contribution in [2.45, 2.75) is 13.8 Å². The number of benzene rings is 2. The Morgan fingerprint density at radius 3 is 2.59 bits per heavy atom. The third-order valence-corrected chi connectivity index (χ3v) is 3.47. The molecule has 1 aromatic heterocycles. The molecule has 0 spiro atoms. The standard InChI is InChI=1S/C16H14N4O2/c1-10-3-4-15(11(2)5-10)12-6-13(16(21)22)8-14(7-12)20-9-17-18-19-20/h3-9H,1-2H3,(H,21,22). The van der Waals surface area contributed by atoms with E-state index >= 15 is 0 Å². The molecule has 0 atom stereocenters. The highest BCUT2D eigenvalue weighted by molar-refractivity contribution is 5.90. The van der Waals surface area contributed by atoms with Crippen molar-refractivity contribution in [3.8, 4) is 16.8 Å². The lowest BCUT2D eigenvalue weighted by Crippen LogP contribution is -2.02. The number of hydrogen-bond acceptors (Lipinski definition) is 4. The number of nitrogens with zero attached hydrogens (tertiary/aromatic N) is 4. The van der Waals surface area contributed by atoms with Crippen molar-refractivity contribution in [3.63, 3.8) is 0 Å². The van der Waals surface area contributed by atoms with E-state index in [0.29, 0.717) is 5.69 Å². The summed E-state index contributed by atoms with van der Waals surface area (Å²) in [6.07, 6.45) is 1.44. The fourth-order valence-electron chi connectivity index (χ4n) is 2.44. The van der Waals surface area contributed by atoms with Crippen LogP contribution in [0.2, 0.25) is 0 Å². The van der Waals surface area contributed by atoms with Gasteiger partial charge < -0.3 is 5.11 Å². The maximum Gasteiger partial charge on any atom is 0.335 e. The molecule has 0 aliphatic heterocycles. The van der Waals surface area contributed by atoms with Crippen LogP contribution in [0.5, 0.6) is 0 Å². The van der Waals surface area contributed by atoms with E-state index in [2.05, 4.69) is 21.6 Å². The Bertz CT molecular complexity index is 841. The maximum atomic E-state index is 11.4. The number of aromatic carboxylic acids is 1.